The summed E-state index contributed by atoms with van der Waals surface area (Å²) in [6.07, 6.45) is 7.81. The average molecular weight is 212 g/mol. The lowest BCUT2D eigenvalue weighted by atomic mass is 9.83. The van der Waals surface area contributed by atoms with Crippen molar-refractivity contribution in [3.63, 3.8) is 0 Å². The van der Waals surface area contributed by atoms with Gasteiger partial charge in [-0.1, -0.05) is 26.7 Å². The lowest BCUT2D eigenvalue weighted by Crippen LogP contribution is -2.49. The molecule has 0 radical (unpaired) electrons. The number of rotatable bonds is 5. The predicted octanol–water partition coefficient (Wildman–Crippen LogP) is 2.62. The molecule has 0 aliphatic heterocycles. The number of hydrogen-bond donors (Lipinski definition) is 1. The predicted molar refractivity (Wildman–Crippen MR) is 66.9 cm³/mol. The van der Waals surface area contributed by atoms with Crippen molar-refractivity contribution in [3.8, 4) is 0 Å². The van der Waals surface area contributed by atoms with Crippen LogP contribution >= 0.6 is 0 Å². The van der Waals surface area contributed by atoms with Crippen LogP contribution in [0.15, 0.2) is 0 Å². The first kappa shape index (κ1) is 13.0. The molecule has 1 rings (SSSR count). The van der Waals surface area contributed by atoms with Crippen LogP contribution in [-0.2, 0) is 0 Å². The molecule has 90 valence electrons. The molecule has 2 N–H and O–H groups in total. The van der Waals surface area contributed by atoms with Crippen LogP contribution in [0.4, 0.5) is 0 Å². The summed E-state index contributed by atoms with van der Waals surface area (Å²) in [4.78, 5) is 2.50. The zero-order valence-electron chi connectivity index (χ0n) is 10.7. The third-order valence-corrected chi connectivity index (χ3v) is 3.81. The van der Waals surface area contributed by atoms with E-state index in [1.807, 2.05) is 0 Å². The Labute approximate surface area is 95.2 Å². The maximum atomic E-state index is 6.20. The molecule has 1 aliphatic carbocycles. The number of nitrogens with two attached hydrogens (primary N) is 1. The van der Waals surface area contributed by atoms with Crippen molar-refractivity contribution in [3.05, 3.63) is 0 Å². The highest BCUT2D eigenvalue weighted by Crippen LogP contribution is 2.26. The quantitative estimate of drug-likeness (QED) is 0.710. The molecule has 3 atom stereocenters. The lowest BCUT2D eigenvalue weighted by molar-refractivity contribution is 0.140. The second kappa shape index (κ2) is 6.49. The summed E-state index contributed by atoms with van der Waals surface area (Å²) in [5, 5.41) is 0. The van der Waals surface area contributed by atoms with Gasteiger partial charge in [-0.05, 0) is 45.2 Å². The van der Waals surface area contributed by atoms with Crippen molar-refractivity contribution >= 4 is 0 Å². The zero-order chi connectivity index (χ0) is 11.3. The fourth-order valence-corrected chi connectivity index (χ4v) is 2.66. The largest absolute Gasteiger partial charge is 0.326 e. The molecule has 1 fully saturated rings. The lowest BCUT2D eigenvalue weighted by Gasteiger charge is -2.38. The van der Waals surface area contributed by atoms with E-state index < -0.39 is 0 Å². The van der Waals surface area contributed by atoms with E-state index in [1.165, 1.54) is 45.1 Å². The maximum absolute atomic E-state index is 6.20. The molecule has 1 saturated carbocycles. The van der Waals surface area contributed by atoms with Crippen molar-refractivity contribution in [2.75, 3.05) is 13.6 Å². The van der Waals surface area contributed by atoms with Crippen LogP contribution < -0.4 is 5.73 Å². The molecule has 2 heteroatoms. The van der Waals surface area contributed by atoms with Gasteiger partial charge in [0.05, 0.1) is 0 Å². The molecule has 15 heavy (non-hydrogen) atoms. The Morgan fingerprint density at radius 3 is 2.67 bits per heavy atom. The van der Waals surface area contributed by atoms with Crippen molar-refractivity contribution in [2.45, 2.75) is 64.5 Å². The Morgan fingerprint density at radius 1 is 1.27 bits per heavy atom. The molecule has 2 nitrogen and oxygen atoms in total. The van der Waals surface area contributed by atoms with Crippen LogP contribution in [0.3, 0.4) is 0 Å². The van der Waals surface area contributed by atoms with Gasteiger partial charge in [-0.15, -0.1) is 0 Å². The molecular formula is C13H28N2. The van der Waals surface area contributed by atoms with Gasteiger partial charge in [0.2, 0.25) is 0 Å². The van der Waals surface area contributed by atoms with Crippen LogP contribution in [0.5, 0.6) is 0 Å². The monoisotopic (exact) mass is 212 g/mol. The molecule has 0 aromatic heterocycles. The topological polar surface area (TPSA) is 29.3 Å². The van der Waals surface area contributed by atoms with Gasteiger partial charge in [-0.3, -0.25) is 0 Å². The summed E-state index contributed by atoms with van der Waals surface area (Å²) >= 11 is 0. The van der Waals surface area contributed by atoms with Gasteiger partial charge in [0.1, 0.15) is 0 Å². The van der Waals surface area contributed by atoms with Gasteiger partial charge in [0, 0.05) is 12.1 Å². The Morgan fingerprint density at radius 2 is 2.00 bits per heavy atom. The van der Waals surface area contributed by atoms with Gasteiger partial charge in [-0.2, -0.15) is 0 Å². The van der Waals surface area contributed by atoms with Crippen LogP contribution in [0.2, 0.25) is 0 Å². The fraction of sp³-hybridized carbons (Fsp3) is 1.00. The molecule has 0 saturated heterocycles. The first-order valence-corrected chi connectivity index (χ1v) is 6.61. The van der Waals surface area contributed by atoms with E-state index in [0.717, 1.165) is 5.92 Å². The first-order valence-electron chi connectivity index (χ1n) is 6.61. The van der Waals surface area contributed by atoms with Crippen LogP contribution in [0.25, 0.3) is 0 Å². The van der Waals surface area contributed by atoms with E-state index in [0.29, 0.717) is 12.1 Å². The van der Waals surface area contributed by atoms with Crippen LogP contribution in [-0.4, -0.2) is 30.6 Å². The van der Waals surface area contributed by atoms with E-state index in [1.54, 1.807) is 0 Å². The smallest absolute Gasteiger partial charge is 0.0246 e. The summed E-state index contributed by atoms with van der Waals surface area (Å²) in [6, 6.07) is 1.04. The average Bonchev–Trinajstić information content (AvgIpc) is 2.22. The minimum Gasteiger partial charge on any atom is -0.326 e. The number of nitrogens with zero attached hydrogens (tertiary/aromatic N) is 1. The molecule has 0 amide bonds. The van der Waals surface area contributed by atoms with Crippen LogP contribution in [0.1, 0.15) is 52.4 Å². The number of hydrogen-bond acceptors (Lipinski definition) is 2. The standard InChI is InChI=1S/C13H28N2/c1-4-5-6-9-15(3)13-10-11(2)7-8-12(13)14/h11-13H,4-10,14H2,1-3H3. The van der Waals surface area contributed by atoms with Gasteiger partial charge in [0.25, 0.3) is 0 Å². The highest BCUT2D eigenvalue weighted by Gasteiger charge is 2.28. The second-order valence-corrected chi connectivity index (χ2v) is 5.34. The van der Waals surface area contributed by atoms with Gasteiger partial charge < -0.3 is 10.6 Å². The molecule has 0 bridgehead atoms. The summed E-state index contributed by atoms with van der Waals surface area (Å²) in [7, 11) is 2.25. The van der Waals surface area contributed by atoms with Gasteiger partial charge in [-0.25, -0.2) is 0 Å². The minimum atomic E-state index is 0.410. The van der Waals surface area contributed by atoms with E-state index in [9.17, 15) is 0 Å². The maximum Gasteiger partial charge on any atom is 0.0246 e. The second-order valence-electron chi connectivity index (χ2n) is 5.34. The Bertz CT molecular complexity index is 170. The third-order valence-electron chi connectivity index (χ3n) is 3.81. The zero-order valence-corrected chi connectivity index (χ0v) is 10.7. The summed E-state index contributed by atoms with van der Waals surface area (Å²) < 4.78 is 0. The van der Waals surface area contributed by atoms with E-state index in [-0.39, 0.29) is 0 Å². The van der Waals surface area contributed by atoms with E-state index in [2.05, 4.69) is 25.8 Å². The minimum absolute atomic E-state index is 0.410. The molecule has 0 heterocycles. The number of likely N-dealkylation sites (N-methyl/N-ethyl adjacent to an activating group) is 1. The Balaban J connectivity index is 2.32. The highest BCUT2D eigenvalue weighted by atomic mass is 15.1. The molecule has 3 unspecified atom stereocenters. The third kappa shape index (κ3) is 4.12. The Kier molecular flexibility index (Phi) is 5.62. The van der Waals surface area contributed by atoms with Crippen molar-refractivity contribution < 1.29 is 0 Å². The van der Waals surface area contributed by atoms with Gasteiger partial charge >= 0.3 is 0 Å². The van der Waals surface area contributed by atoms with Crippen molar-refractivity contribution in [1.82, 2.24) is 4.90 Å². The molecule has 0 aromatic carbocycles. The molecule has 0 spiro atoms. The van der Waals surface area contributed by atoms with Gasteiger partial charge in [0.15, 0.2) is 0 Å². The Hall–Kier alpha value is -0.0800. The van der Waals surface area contributed by atoms with E-state index >= 15 is 0 Å². The first-order chi connectivity index (χ1) is 7.15. The van der Waals surface area contributed by atoms with Crippen LogP contribution in [0, 0.1) is 5.92 Å². The SMILES string of the molecule is CCCCCN(C)C1CC(C)CCC1N. The number of unbranched alkanes of at least 4 members (excludes halogenated alkanes) is 2. The van der Waals surface area contributed by atoms with Crippen molar-refractivity contribution in [1.29, 1.82) is 0 Å². The van der Waals surface area contributed by atoms with E-state index in [4.69, 9.17) is 5.73 Å². The fourth-order valence-electron chi connectivity index (χ4n) is 2.66. The van der Waals surface area contributed by atoms with Crippen molar-refractivity contribution in [2.24, 2.45) is 11.7 Å². The molecular weight excluding hydrogens is 184 g/mol. The molecule has 0 aromatic rings. The summed E-state index contributed by atoms with van der Waals surface area (Å²) in [6.45, 7) is 5.84. The summed E-state index contributed by atoms with van der Waals surface area (Å²) in [5.74, 6) is 0.864. The highest BCUT2D eigenvalue weighted by molar-refractivity contribution is 4.87. The molecule has 1 aliphatic rings. The summed E-state index contributed by atoms with van der Waals surface area (Å²) in [5.41, 5.74) is 6.20. The normalized spacial score (nSPS) is 32.2.